The largest absolute Gasteiger partial charge is 0.391 e. The predicted molar refractivity (Wildman–Crippen MR) is 68.9 cm³/mol. The highest BCUT2D eigenvalue weighted by Gasteiger charge is 2.37. The first-order chi connectivity index (χ1) is 8.41. The maximum atomic E-state index is 11.9. The van der Waals surface area contributed by atoms with Gasteiger partial charge < -0.3 is 15.3 Å². The van der Waals surface area contributed by atoms with Crippen molar-refractivity contribution >= 4 is 11.8 Å². The number of aliphatic hydroxyl groups excluding tert-OH is 1. The topological polar surface area (TPSA) is 69.6 Å². The molecule has 1 fully saturated rings. The van der Waals surface area contributed by atoms with Gasteiger partial charge in [-0.05, 0) is 20.3 Å². The summed E-state index contributed by atoms with van der Waals surface area (Å²) in [4.78, 5) is 24.7. The molecule has 1 saturated heterocycles. The van der Waals surface area contributed by atoms with Crippen LogP contribution in [0.2, 0.25) is 0 Å². The molecule has 5 nitrogen and oxygen atoms in total. The van der Waals surface area contributed by atoms with Crippen molar-refractivity contribution in [2.75, 3.05) is 13.1 Å². The molecule has 1 aliphatic heterocycles. The Balaban J connectivity index is 2.45. The minimum absolute atomic E-state index is 0.170. The molecule has 0 aromatic heterocycles. The first kappa shape index (κ1) is 14.7. The number of hydrogen-bond acceptors (Lipinski definition) is 3. The van der Waals surface area contributed by atoms with Gasteiger partial charge in [0.1, 0.15) is 6.04 Å². The third-order valence-corrected chi connectivity index (χ3v) is 2.98. The van der Waals surface area contributed by atoms with Gasteiger partial charge in [0.05, 0.1) is 6.10 Å². The second kappa shape index (κ2) is 6.54. The Morgan fingerprint density at radius 1 is 1.39 bits per heavy atom. The monoisotopic (exact) mass is 254 g/mol. The lowest BCUT2D eigenvalue weighted by Gasteiger charge is -2.21. The molecule has 0 aromatic rings. The van der Waals surface area contributed by atoms with E-state index in [0.29, 0.717) is 13.0 Å². The van der Waals surface area contributed by atoms with Crippen LogP contribution in [-0.4, -0.2) is 47.1 Å². The van der Waals surface area contributed by atoms with E-state index in [-0.39, 0.29) is 18.4 Å². The summed E-state index contributed by atoms with van der Waals surface area (Å²) in [6.07, 6.45) is 2.56. The van der Waals surface area contributed by atoms with Gasteiger partial charge >= 0.3 is 0 Å². The highest BCUT2D eigenvalue weighted by Crippen LogP contribution is 2.18. The molecular weight excluding hydrogens is 232 g/mol. The van der Waals surface area contributed by atoms with Gasteiger partial charge in [-0.1, -0.05) is 11.6 Å². The van der Waals surface area contributed by atoms with Gasteiger partial charge in [0.2, 0.25) is 11.8 Å². The quantitative estimate of drug-likeness (QED) is 0.565. The van der Waals surface area contributed by atoms with Crippen LogP contribution in [0.1, 0.15) is 33.6 Å². The number of amides is 2. The van der Waals surface area contributed by atoms with Crippen molar-refractivity contribution in [2.24, 2.45) is 0 Å². The molecule has 0 spiro atoms. The fraction of sp³-hybridized carbons (Fsp3) is 0.692. The number of aliphatic hydroxyl groups is 1. The molecule has 1 aliphatic rings. The number of nitrogens with zero attached hydrogens (tertiary/aromatic N) is 1. The number of hydrogen-bond donors (Lipinski definition) is 2. The summed E-state index contributed by atoms with van der Waals surface area (Å²) in [5, 5.41) is 12.3. The van der Waals surface area contributed by atoms with Crippen molar-refractivity contribution in [3.8, 4) is 0 Å². The number of carbonyl (C=O) groups is 2. The lowest BCUT2D eigenvalue weighted by molar-refractivity contribution is -0.136. The van der Waals surface area contributed by atoms with E-state index in [2.05, 4.69) is 5.32 Å². The molecule has 5 heteroatoms. The molecular formula is C13H22N2O3. The Morgan fingerprint density at radius 3 is 2.61 bits per heavy atom. The molecule has 0 saturated carbocycles. The summed E-state index contributed by atoms with van der Waals surface area (Å²) in [6, 6.07) is -0.524. The molecule has 18 heavy (non-hydrogen) atoms. The Morgan fingerprint density at radius 2 is 2.06 bits per heavy atom. The van der Waals surface area contributed by atoms with Crippen molar-refractivity contribution in [1.29, 1.82) is 0 Å². The van der Waals surface area contributed by atoms with Crippen LogP contribution in [0, 0.1) is 0 Å². The van der Waals surface area contributed by atoms with Crippen molar-refractivity contribution in [2.45, 2.75) is 45.8 Å². The SMILES string of the molecule is CC(=O)N1C[C@H](O)C[C@@H]1C(=O)NCCC=C(C)C. The minimum Gasteiger partial charge on any atom is -0.391 e. The highest BCUT2D eigenvalue weighted by molar-refractivity contribution is 5.87. The molecule has 0 bridgehead atoms. The van der Waals surface area contributed by atoms with E-state index in [1.54, 1.807) is 0 Å². The fourth-order valence-electron chi connectivity index (χ4n) is 2.08. The number of carbonyl (C=O) groups excluding carboxylic acids is 2. The average Bonchev–Trinajstić information content (AvgIpc) is 2.66. The zero-order valence-electron chi connectivity index (χ0n) is 11.3. The number of β-amino-alcohol motifs (C(OH)–C–C–N with tert-alkyl or cyclic N) is 1. The van der Waals surface area contributed by atoms with E-state index < -0.39 is 12.1 Å². The summed E-state index contributed by atoms with van der Waals surface area (Å²) in [6.45, 7) is 6.24. The normalized spacial score (nSPS) is 22.8. The molecule has 0 aliphatic carbocycles. The standard InChI is InChI=1S/C13H22N2O3/c1-9(2)5-4-6-14-13(18)12-7-11(17)8-15(12)10(3)16/h5,11-12,17H,4,6-8H2,1-3H3,(H,14,18)/t11-,12-/m1/s1. The van der Waals surface area contributed by atoms with Crippen molar-refractivity contribution < 1.29 is 14.7 Å². The van der Waals surface area contributed by atoms with Crippen LogP contribution in [0.4, 0.5) is 0 Å². The summed E-state index contributed by atoms with van der Waals surface area (Å²) in [5.74, 6) is -0.347. The summed E-state index contributed by atoms with van der Waals surface area (Å²) >= 11 is 0. The van der Waals surface area contributed by atoms with Crippen LogP contribution in [0.15, 0.2) is 11.6 Å². The van der Waals surface area contributed by atoms with E-state index in [0.717, 1.165) is 6.42 Å². The Bertz CT molecular complexity index is 348. The van der Waals surface area contributed by atoms with Crippen LogP contribution < -0.4 is 5.32 Å². The summed E-state index contributed by atoms with van der Waals surface area (Å²) in [7, 11) is 0. The third-order valence-electron chi connectivity index (χ3n) is 2.98. The van der Waals surface area contributed by atoms with E-state index in [9.17, 15) is 14.7 Å². The first-order valence-electron chi connectivity index (χ1n) is 6.28. The Labute approximate surface area is 108 Å². The molecule has 1 heterocycles. The van der Waals surface area contributed by atoms with Crippen LogP contribution in [0.3, 0.4) is 0 Å². The Hall–Kier alpha value is -1.36. The molecule has 1 rings (SSSR count). The van der Waals surface area contributed by atoms with Gasteiger partial charge in [-0.15, -0.1) is 0 Å². The molecule has 102 valence electrons. The molecule has 0 aromatic carbocycles. The molecule has 2 atom stereocenters. The lowest BCUT2D eigenvalue weighted by atomic mass is 10.2. The predicted octanol–water partition coefficient (Wildman–Crippen LogP) is 0.441. The van der Waals surface area contributed by atoms with Gasteiger partial charge in [0, 0.05) is 26.4 Å². The van der Waals surface area contributed by atoms with E-state index in [1.165, 1.54) is 17.4 Å². The highest BCUT2D eigenvalue weighted by atomic mass is 16.3. The minimum atomic E-state index is -0.595. The summed E-state index contributed by atoms with van der Waals surface area (Å²) in [5.41, 5.74) is 1.21. The van der Waals surface area contributed by atoms with Crippen LogP contribution >= 0.6 is 0 Å². The second-order valence-electron chi connectivity index (χ2n) is 4.94. The van der Waals surface area contributed by atoms with Crippen molar-refractivity contribution in [3.05, 3.63) is 11.6 Å². The van der Waals surface area contributed by atoms with Gasteiger partial charge in [-0.3, -0.25) is 9.59 Å². The zero-order valence-corrected chi connectivity index (χ0v) is 11.3. The second-order valence-corrected chi connectivity index (χ2v) is 4.94. The van der Waals surface area contributed by atoms with Gasteiger partial charge in [-0.2, -0.15) is 0 Å². The van der Waals surface area contributed by atoms with Crippen LogP contribution in [-0.2, 0) is 9.59 Å². The number of allylic oxidation sites excluding steroid dienone is 1. The number of nitrogens with one attached hydrogen (secondary N) is 1. The molecule has 2 amide bonds. The molecule has 2 N–H and O–H groups in total. The van der Waals surface area contributed by atoms with Crippen LogP contribution in [0.25, 0.3) is 0 Å². The van der Waals surface area contributed by atoms with Gasteiger partial charge in [-0.25, -0.2) is 0 Å². The van der Waals surface area contributed by atoms with E-state index >= 15 is 0 Å². The van der Waals surface area contributed by atoms with Crippen LogP contribution in [0.5, 0.6) is 0 Å². The van der Waals surface area contributed by atoms with E-state index in [1.807, 2.05) is 19.9 Å². The zero-order chi connectivity index (χ0) is 13.7. The lowest BCUT2D eigenvalue weighted by Crippen LogP contribution is -2.45. The molecule has 0 unspecified atom stereocenters. The Kier molecular flexibility index (Phi) is 5.34. The number of likely N-dealkylation sites (tertiary alicyclic amines) is 1. The maximum Gasteiger partial charge on any atom is 0.242 e. The first-order valence-corrected chi connectivity index (χ1v) is 6.28. The third kappa shape index (κ3) is 4.14. The van der Waals surface area contributed by atoms with Crippen molar-refractivity contribution in [3.63, 3.8) is 0 Å². The fourth-order valence-corrected chi connectivity index (χ4v) is 2.08. The van der Waals surface area contributed by atoms with Gasteiger partial charge in [0.25, 0.3) is 0 Å². The average molecular weight is 254 g/mol. The van der Waals surface area contributed by atoms with Gasteiger partial charge in [0.15, 0.2) is 0 Å². The van der Waals surface area contributed by atoms with Crippen molar-refractivity contribution in [1.82, 2.24) is 10.2 Å². The molecule has 0 radical (unpaired) electrons. The smallest absolute Gasteiger partial charge is 0.242 e. The number of rotatable bonds is 4. The maximum absolute atomic E-state index is 11.9. The van der Waals surface area contributed by atoms with E-state index in [4.69, 9.17) is 0 Å². The summed E-state index contributed by atoms with van der Waals surface area (Å²) < 4.78 is 0.